The van der Waals surface area contributed by atoms with Crippen LogP contribution in [0.4, 0.5) is 5.69 Å². The van der Waals surface area contributed by atoms with Gasteiger partial charge in [0.15, 0.2) is 5.11 Å². The summed E-state index contributed by atoms with van der Waals surface area (Å²) in [5.41, 5.74) is 3.88. The second kappa shape index (κ2) is 8.26. The number of thiocarbonyl (C=S) groups is 1. The summed E-state index contributed by atoms with van der Waals surface area (Å²) in [6.45, 7) is 3.98. The van der Waals surface area contributed by atoms with Crippen LogP contribution in [-0.2, 0) is 4.79 Å². The molecular weight excluding hydrogens is 320 g/mol. The molecule has 2 aromatic carbocycles. The molecule has 0 heterocycles. The molecule has 0 aliphatic rings. The summed E-state index contributed by atoms with van der Waals surface area (Å²) in [5, 5.41) is 5.94. The minimum absolute atomic E-state index is 0.262. The lowest BCUT2D eigenvalue weighted by atomic mass is 10.1. The minimum Gasteiger partial charge on any atom is -0.496 e. The lowest BCUT2D eigenvalue weighted by molar-refractivity contribution is -0.115. The van der Waals surface area contributed by atoms with Gasteiger partial charge in [0.05, 0.1) is 7.11 Å². The zero-order valence-corrected chi connectivity index (χ0v) is 14.7. The van der Waals surface area contributed by atoms with Gasteiger partial charge in [-0.1, -0.05) is 30.3 Å². The fourth-order valence-corrected chi connectivity index (χ4v) is 2.36. The maximum absolute atomic E-state index is 12.0. The van der Waals surface area contributed by atoms with Crippen molar-refractivity contribution in [3.8, 4) is 5.75 Å². The largest absolute Gasteiger partial charge is 0.496 e. The van der Waals surface area contributed by atoms with E-state index >= 15 is 0 Å². The van der Waals surface area contributed by atoms with E-state index in [1.54, 1.807) is 13.2 Å². The van der Waals surface area contributed by atoms with E-state index in [0.29, 0.717) is 5.75 Å². The molecule has 0 aromatic heterocycles. The lowest BCUT2D eigenvalue weighted by Crippen LogP contribution is -2.33. The molecule has 0 bridgehead atoms. The van der Waals surface area contributed by atoms with Crippen LogP contribution >= 0.6 is 12.2 Å². The Labute approximate surface area is 147 Å². The molecule has 0 unspecified atom stereocenters. The third-order valence-corrected chi connectivity index (χ3v) is 3.64. The Balaban J connectivity index is 1.98. The molecule has 5 heteroatoms. The molecule has 0 fully saturated rings. The number of carbonyl (C=O) groups excluding carboxylic acids is 1. The highest BCUT2D eigenvalue weighted by molar-refractivity contribution is 7.80. The number of benzene rings is 2. The zero-order chi connectivity index (χ0) is 17.5. The summed E-state index contributed by atoms with van der Waals surface area (Å²) in [4.78, 5) is 12.0. The highest BCUT2D eigenvalue weighted by atomic mass is 32.1. The molecule has 24 heavy (non-hydrogen) atoms. The molecule has 4 nitrogen and oxygen atoms in total. The predicted octanol–water partition coefficient (Wildman–Crippen LogP) is 3.84. The Bertz CT molecular complexity index is 785. The van der Waals surface area contributed by atoms with Crippen molar-refractivity contribution >= 4 is 35.0 Å². The molecule has 2 N–H and O–H groups in total. The van der Waals surface area contributed by atoms with Crippen LogP contribution < -0.4 is 15.4 Å². The number of methoxy groups -OCH3 is 1. The summed E-state index contributed by atoms with van der Waals surface area (Å²) < 4.78 is 5.24. The molecule has 0 aliphatic heterocycles. The minimum atomic E-state index is -0.302. The molecule has 0 saturated carbocycles. The van der Waals surface area contributed by atoms with E-state index in [2.05, 4.69) is 10.6 Å². The predicted molar refractivity (Wildman–Crippen MR) is 102 cm³/mol. The molecule has 124 valence electrons. The Morgan fingerprint density at radius 3 is 2.67 bits per heavy atom. The van der Waals surface area contributed by atoms with E-state index in [-0.39, 0.29) is 11.0 Å². The second-order valence-corrected chi connectivity index (χ2v) is 5.75. The smallest absolute Gasteiger partial charge is 0.250 e. The summed E-state index contributed by atoms with van der Waals surface area (Å²) in [5.74, 6) is 0.404. The van der Waals surface area contributed by atoms with Crippen LogP contribution in [0, 0.1) is 13.8 Å². The van der Waals surface area contributed by atoms with Crippen LogP contribution in [0.3, 0.4) is 0 Å². The molecular formula is C19H20N2O2S. The van der Waals surface area contributed by atoms with Crippen molar-refractivity contribution in [3.63, 3.8) is 0 Å². The quantitative estimate of drug-likeness (QED) is 0.656. The van der Waals surface area contributed by atoms with Crippen molar-refractivity contribution in [1.82, 2.24) is 5.32 Å². The third kappa shape index (κ3) is 4.93. The lowest BCUT2D eigenvalue weighted by Gasteiger charge is -2.11. The molecule has 2 rings (SSSR count). The van der Waals surface area contributed by atoms with Crippen LogP contribution in [-0.4, -0.2) is 18.1 Å². The van der Waals surface area contributed by atoms with E-state index in [1.165, 1.54) is 6.08 Å². The zero-order valence-electron chi connectivity index (χ0n) is 13.9. The van der Waals surface area contributed by atoms with Crippen molar-refractivity contribution in [2.75, 3.05) is 12.4 Å². The monoisotopic (exact) mass is 340 g/mol. The number of nitrogens with one attached hydrogen (secondary N) is 2. The normalized spacial score (nSPS) is 10.5. The number of hydrogen-bond donors (Lipinski definition) is 2. The Hall–Kier alpha value is -2.66. The van der Waals surface area contributed by atoms with Crippen LogP contribution in [0.1, 0.15) is 16.7 Å². The van der Waals surface area contributed by atoms with E-state index in [9.17, 15) is 4.79 Å². The maximum Gasteiger partial charge on any atom is 0.250 e. The molecule has 0 atom stereocenters. The number of anilines is 1. The average Bonchev–Trinajstić information content (AvgIpc) is 2.56. The third-order valence-electron chi connectivity index (χ3n) is 3.43. The van der Waals surface area contributed by atoms with Crippen molar-refractivity contribution in [2.45, 2.75) is 13.8 Å². The van der Waals surface area contributed by atoms with Gasteiger partial charge in [-0.2, -0.15) is 0 Å². The van der Waals surface area contributed by atoms with Crippen LogP contribution in [0.2, 0.25) is 0 Å². The van der Waals surface area contributed by atoms with Crippen LogP contribution in [0.15, 0.2) is 48.5 Å². The van der Waals surface area contributed by atoms with Crippen molar-refractivity contribution in [1.29, 1.82) is 0 Å². The number of aryl methyl sites for hydroxylation is 2. The van der Waals surface area contributed by atoms with Gasteiger partial charge >= 0.3 is 0 Å². The Morgan fingerprint density at radius 1 is 1.17 bits per heavy atom. The second-order valence-electron chi connectivity index (χ2n) is 5.34. The van der Waals surface area contributed by atoms with Crippen LogP contribution in [0.25, 0.3) is 6.08 Å². The maximum atomic E-state index is 12.0. The number of rotatable bonds is 4. The first-order chi connectivity index (χ1) is 11.5. The van der Waals surface area contributed by atoms with E-state index in [0.717, 1.165) is 22.4 Å². The number of amides is 1. The average molecular weight is 340 g/mol. The van der Waals surface area contributed by atoms with Crippen LogP contribution in [0.5, 0.6) is 5.75 Å². The van der Waals surface area contributed by atoms with Gasteiger partial charge in [0.1, 0.15) is 5.75 Å². The molecule has 0 spiro atoms. The first kappa shape index (κ1) is 17.7. The van der Waals surface area contributed by atoms with Crippen molar-refractivity contribution in [3.05, 3.63) is 65.2 Å². The van der Waals surface area contributed by atoms with Gasteiger partial charge in [0.25, 0.3) is 0 Å². The summed E-state index contributed by atoms with van der Waals surface area (Å²) >= 11 is 5.19. The van der Waals surface area contributed by atoms with Gasteiger partial charge < -0.3 is 10.1 Å². The van der Waals surface area contributed by atoms with Gasteiger partial charge in [-0.25, -0.2) is 0 Å². The summed E-state index contributed by atoms with van der Waals surface area (Å²) in [6, 6.07) is 13.5. The number of carbonyl (C=O) groups is 1. The van der Waals surface area contributed by atoms with Gasteiger partial charge in [-0.05, 0) is 55.4 Å². The highest BCUT2D eigenvalue weighted by Gasteiger charge is 2.05. The highest BCUT2D eigenvalue weighted by Crippen LogP contribution is 2.18. The van der Waals surface area contributed by atoms with Gasteiger partial charge in [-0.3, -0.25) is 10.1 Å². The van der Waals surface area contributed by atoms with E-state index in [4.69, 9.17) is 17.0 Å². The fourth-order valence-electron chi connectivity index (χ4n) is 2.15. The first-order valence-electron chi connectivity index (χ1n) is 7.50. The van der Waals surface area contributed by atoms with Gasteiger partial charge in [-0.15, -0.1) is 0 Å². The standard InChI is InChI=1S/C19H20N2O2S/c1-13-8-9-14(2)16(12-13)20-19(24)21-18(22)11-10-15-6-4-5-7-17(15)23-3/h4-12H,1-3H3,(H2,20,21,22,24). The van der Waals surface area contributed by atoms with Gasteiger partial charge in [0, 0.05) is 17.3 Å². The molecule has 1 amide bonds. The number of hydrogen-bond acceptors (Lipinski definition) is 3. The molecule has 0 aliphatic carbocycles. The van der Waals surface area contributed by atoms with E-state index < -0.39 is 0 Å². The number of para-hydroxylation sites is 1. The van der Waals surface area contributed by atoms with Gasteiger partial charge in [0.2, 0.25) is 5.91 Å². The summed E-state index contributed by atoms with van der Waals surface area (Å²) in [7, 11) is 1.59. The Morgan fingerprint density at radius 2 is 1.92 bits per heavy atom. The topological polar surface area (TPSA) is 50.4 Å². The van der Waals surface area contributed by atoms with Crippen molar-refractivity contribution < 1.29 is 9.53 Å². The molecule has 0 saturated heterocycles. The fraction of sp³-hybridized carbons (Fsp3) is 0.158. The number of ether oxygens (including phenoxy) is 1. The first-order valence-corrected chi connectivity index (χ1v) is 7.90. The SMILES string of the molecule is COc1ccccc1C=CC(=O)NC(=S)Nc1cc(C)ccc1C. The van der Waals surface area contributed by atoms with E-state index in [1.807, 2.05) is 56.3 Å². The Kier molecular flexibility index (Phi) is 6.09. The van der Waals surface area contributed by atoms with Crippen molar-refractivity contribution in [2.24, 2.45) is 0 Å². The molecule has 0 radical (unpaired) electrons. The molecule has 2 aromatic rings. The summed E-state index contributed by atoms with van der Waals surface area (Å²) in [6.07, 6.45) is 3.11.